The fourth-order valence-corrected chi connectivity index (χ4v) is 4.16. The summed E-state index contributed by atoms with van der Waals surface area (Å²) in [6.45, 7) is 17.0. The molecule has 2 N–H and O–H groups in total. The molecule has 0 radical (unpaired) electrons. The van der Waals surface area contributed by atoms with Crippen LogP contribution in [-0.2, 0) is 0 Å². The zero-order chi connectivity index (χ0) is 15.5. The highest BCUT2D eigenvalue weighted by Crippen LogP contribution is 2.07. The first-order valence-corrected chi connectivity index (χ1v) is 15.6. The first kappa shape index (κ1) is 20.4. The van der Waals surface area contributed by atoms with Gasteiger partial charge < -0.3 is 10.6 Å². The SMILES string of the molecule is CC[Si](C)(C)CNCCCCCCNC[Si](C)(C)CC. The van der Waals surface area contributed by atoms with E-state index in [-0.39, 0.29) is 0 Å². The molecule has 0 bridgehead atoms. The maximum Gasteiger partial charge on any atom is 0.0623 e. The van der Waals surface area contributed by atoms with E-state index < -0.39 is 16.1 Å². The summed E-state index contributed by atoms with van der Waals surface area (Å²) in [6, 6.07) is 2.78. The van der Waals surface area contributed by atoms with Gasteiger partial charge in [-0.15, -0.1) is 0 Å². The molecule has 122 valence electrons. The Bertz CT molecular complexity index is 207. The van der Waals surface area contributed by atoms with Crippen LogP contribution in [-0.4, -0.2) is 41.6 Å². The Hall–Kier alpha value is 0.354. The van der Waals surface area contributed by atoms with Crippen molar-refractivity contribution in [2.24, 2.45) is 0 Å². The fraction of sp³-hybridized carbons (Fsp3) is 1.00. The van der Waals surface area contributed by atoms with E-state index in [2.05, 4.69) is 50.7 Å². The first-order chi connectivity index (χ1) is 9.33. The van der Waals surface area contributed by atoms with E-state index in [1.165, 1.54) is 63.2 Å². The Balaban J connectivity index is 3.26. The van der Waals surface area contributed by atoms with E-state index in [4.69, 9.17) is 0 Å². The van der Waals surface area contributed by atoms with Crippen LogP contribution in [0.2, 0.25) is 38.3 Å². The molecule has 4 heteroatoms. The second-order valence-electron chi connectivity index (χ2n) is 7.80. The largest absolute Gasteiger partial charge is 0.319 e. The topological polar surface area (TPSA) is 24.1 Å². The van der Waals surface area contributed by atoms with Crippen molar-refractivity contribution in [2.75, 3.05) is 25.4 Å². The van der Waals surface area contributed by atoms with Gasteiger partial charge in [-0.05, 0) is 38.3 Å². The lowest BCUT2D eigenvalue weighted by molar-refractivity contribution is 0.589. The third kappa shape index (κ3) is 12.1. The molecule has 0 atom stereocenters. The number of rotatable bonds is 13. The molecule has 2 nitrogen and oxygen atoms in total. The lowest BCUT2D eigenvalue weighted by Gasteiger charge is -2.21. The van der Waals surface area contributed by atoms with Crippen molar-refractivity contribution in [1.29, 1.82) is 0 Å². The van der Waals surface area contributed by atoms with Gasteiger partial charge in [0.1, 0.15) is 0 Å². The highest BCUT2D eigenvalue weighted by atomic mass is 28.3. The molecule has 0 heterocycles. The predicted octanol–water partition coefficient (Wildman–Crippen LogP) is 4.26. The predicted molar refractivity (Wildman–Crippen MR) is 100 cm³/mol. The van der Waals surface area contributed by atoms with Crippen LogP contribution in [0.15, 0.2) is 0 Å². The maximum absolute atomic E-state index is 3.66. The van der Waals surface area contributed by atoms with Gasteiger partial charge in [0.05, 0.1) is 16.1 Å². The van der Waals surface area contributed by atoms with Crippen molar-refractivity contribution in [3.63, 3.8) is 0 Å². The molecule has 0 spiro atoms. The van der Waals surface area contributed by atoms with E-state index in [0.717, 1.165) is 0 Å². The number of unbranched alkanes of at least 4 members (excludes halogenated alkanes) is 3. The second kappa shape index (κ2) is 11.0. The molecule has 0 aromatic carbocycles. The summed E-state index contributed by atoms with van der Waals surface area (Å²) >= 11 is 0. The third-order valence-electron chi connectivity index (χ3n) is 4.58. The van der Waals surface area contributed by atoms with Crippen LogP contribution in [0, 0.1) is 0 Å². The van der Waals surface area contributed by atoms with Crippen molar-refractivity contribution in [3.05, 3.63) is 0 Å². The van der Waals surface area contributed by atoms with Crippen molar-refractivity contribution < 1.29 is 0 Å². The van der Waals surface area contributed by atoms with Crippen LogP contribution in [0.1, 0.15) is 39.5 Å². The molecular formula is C16H40N2Si2. The summed E-state index contributed by atoms with van der Waals surface area (Å²) in [5.41, 5.74) is 0. The van der Waals surface area contributed by atoms with Gasteiger partial charge in [-0.25, -0.2) is 0 Å². The Morgan fingerprint density at radius 3 is 1.25 bits per heavy atom. The Labute approximate surface area is 130 Å². The van der Waals surface area contributed by atoms with E-state index in [0.29, 0.717) is 0 Å². The molecule has 0 amide bonds. The summed E-state index contributed by atoms with van der Waals surface area (Å²) in [5, 5.41) is 7.32. The molecule has 0 aliphatic rings. The summed E-state index contributed by atoms with van der Waals surface area (Å²) in [4.78, 5) is 0. The maximum atomic E-state index is 3.66. The van der Waals surface area contributed by atoms with E-state index in [9.17, 15) is 0 Å². The van der Waals surface area contributed by atoms with Crippen molar-refractivity contribution in [3.8, 4) is 0 Å². The minimum atomic E-state index is -0.902. The Morgan fingerprint density at radius 2 is 0.950 bits per heavy atom. The van der Waals surface area contributed by atoms with Crippen molar-refractivity contribution >= 4 is 16.1 Å². The van der Waals surface area contributed by atoms with Crippen LogP contribution in [0.4, 0.5) is 0 Å². The number of nitrogens with one attached hydrogen (secondary N) is 2. The van der Waals surface area contributed by atoms with Crippen LogP contribution in [0.25, 0.3) is 0 Å². The van der Waals surface area contributed by atoms with Crippen LogP contribution < -0.4 is 10.6 Å². The van der Waals surface area contributed by atoms with Gasteiger partial charge in [-0.2, -0.15) is 0 Å². The van der Waals surface area contributed by atoms with E-state index in [1.54, 1.807) is 0 Å². The van der Waals surface area contributed by atoms with Gasteiger partial charge in [0, 0.05) is 0 Å². The molecule has 0 aromatic heterocycles. The molecule has 0 saturated carbocycles. The van der Waals surface area contributed by atoms with Crippen LogP contribution >= 0.6 is 0 Å². The molecule has 20 heavy (non-hydrogen) atoms. The molecule has 0 unspecified atom stereocenters. The van der Waals surface area contributed by atoms with E-state index in [1.807, 2.05) is 0 Å². The summed E-state index contributed by atoms with van der Waals surface area (Å²) < 4.78 is 0. The van der Waals surface area contributed by atoms with E-state index >= 15 is 0 Å². The Kier molecular flexibility index (Phi) is 11.2. The fourth-order valence-electron chi connectivity index (χ4n) is 1.96. The normalized spacial score (nSPS) is 12.9. The van der Waals surface area contributed by atoms with Gasteiger partial charge in [-0.3, -0.25) is 0 Å². The van der Waals surface area contributed by atoms with Gasteiger partial charge in [0.25, 0.3) is 0 Å². The van der Waals surface area contributed by atoms with Gasteiger partial charge in [0.2, 0.25) is 0 Å². The average molecular weight is 317 g/mol. The first-order valence-electron chi connectivity index (χ1n) is 8.74. The quantitative estimate of drug-likeness (QED) is 0.392. The third-order valence-corrected chi connectivity index (χ3v) is 10.8. The highest BCUT2D eigenvalue weighted by Gasteiger charge is 2.17. The average Bonchev–Trinajstić information content (AvgIpc) is 2.41. The molecule has 0 aliphatic carbocycles. The van der Waals surface area contributed by atoms with Gasteiger partial charge in [0.15, 0.2) is 0 Å². The molecule has 0 saturated heterocycles. The summed E-state index contributed by atoms with van der Waals surface area (Å²) in [7, 11) is -1.80. The van der Waals surface area contributed by atoms with Gasteiger partial charge >= 0.3 is 0 Å². The lowest BCUT2D eigenvalue weighted by Crippen LogP contribution is -2.39. The molecule has 0 aliphatic heterocycles. The number of hydrogen-bond acceptors (Lipinski definition) is 2. The molecule has 0 fully saturated rings. The summed E-state index contributed by atoms with van der Waals surface area (Å²) in [6.07, 6.45) is 8.06. The smallest absolute Gasteiger partial charge is 0.0623 e. The molecule has 0 aromatic rings. The van der Waals surface area contributed by atoms with Crippen molar-refractivity contribution in [1.82, 2.24) is 10.6 Å². The number of hydrogen-bond donors (Lipinski definition) is 2. The summed E-state index contributed by atoms with van der Waals surface area (Å²) in [5.74, 6) is 0. The van der Waals surface area contributed by atoms with Crippen LogP contribution in [0.3, 0.4) is 0 Å². The minimum Gasteiger partial charge on any atom is -0.319 e. The zero-order valence-corrected chi connectivity index (χ0v) is 17.1. The van der Waals surface area contributed by atoms with Crippen LogP contribution in [0.5, 0.6) is 0 Å². The van der Waals surface area contributed by atoms with Gasteiger partial charge in [-0.1, -0.05) is 65.0 Å². The highest BCUT2D eigenvalue weighted by molar-refractivity contribution is 6.77. The monoisotopic (exact) mass is 316 g/mol. The molecule has 0 rings (SSSR count). The molecular weight excluding hydrogens is 276 g/mol. The second-order valence-corrected chi connectivity index (χ2v) is 18.6. The lowest BCUT2D eigenvalue weighted by atomic mass is 10.2. The zero-order valence-electron chi connectivity index (χ0n) is 15.1. The standard InChI is InChI=1S/C16H40N2Si2/c1-7-19(3,4)15-17-13-11-9-10-12-14-18-16-20(5,6)8-2/h17-18H,7-16H2,1-6H3. The van der Waals surface area contributed by atoms with Crippen molar-refractivity contribution in [2.45, 2.75) is 77.8 Å². The Morgan fingerprint density at radius 1 is 0.600 bits per heavy atom. The minimum absolute atomic E-state index is 0.902.